The van der Waals surface area contributed by atoms with E-state index in [2.05, 4.69) is 0 Å². The molecule has 1 rings (SSSR count). The summed E-state index contributed by atoms with van der Waals surface area (Å²) in [4.78, 5) is 0. The van der Waals surface area contributed by atoms with Crippen LogP contribution in [0.3, 0.4) is 0 Å². The van der Waals surface area contributed by atoms with Gasteiger partial charge in [0.25, 0.3) is 0 Å². The van der Waals surface area contributed by atoms with Crippen molar-refractivity contribution in [1.29, 1.82) is 0 Å². The van der Waals surface area contributed by atoms with Crippen LogP contribution in [0.5, 0.6) is 0 Å². The minimum Gasteiger partial charge on any atom is -0.399 e. The molecule has 0 bridgehead atoms. The Morgan fingerprint density at radius 2 is 1.86 bits per heavy atom. The number of alkyl halides is 4. The van der Waals surface area contributed by atoms with Crippen LogP contribution in [0.2, 0.25) is 0 Å². The minimum absolute atomic E-state index is 0.274. The SMILES string of the molecule is Nc1cc(F)c(CCl)c(C(F)(F)F)c1. The Morgan fingerprint density at radius 3 is 2.29 bits per heavy atom. The highest BCUT2D eigenvalue weighted by atomic mass is 35.5. The van der Waals surface area contributed by atoms with Crippen molar-refractivity contribution in [3.8, 4) is 0 Å². The third-order valence-corrected chi connectivity index (χ3v) is 1.92. The van der Waals surface area contributed by atoms with Crippen molar-refractivity contribution in [3.05, 3.63) is 29.1 Å². The van der Waals surface area contributed by atoms with Crippen molar-refractivity contribution in [2.45, 2.75) is 12.1 Å². The predicted octanol–water partition coefficient (Wildman–Crippen LogP) is 3.17. The Hall–Kier alpha value is -0.970. The minimum atomic E-state index is -4.64. The van der Waals surface area contributed by atoms with E-state index in [1.54, 1.807) is 0 Å². The number of hydrogen-bond acceptors (Lipinski definition) is 1. The monoisotopic (exact) mass is 227 g/mol. The van der Waals surface area contributed by atoms with E-state index in [9.17, 15) is 17.6 Å². The summed E-state index contributed by atoms with van der Waals surface area (Å²) >= 11 is 5.21. The molecule has 14 heavy (non-hydrogen) atoms. The lowest BCUT2D eigenvalue weighted by Gasteiger charge is -2.12. The Morgan fingerprint density at radius 1 is 1.29 bits per heavy atom. The van der Waals surface area contributed by atoms with Gasteiger partial charge in [0.2, 0.25) is 0 Å². The van der Waals surface area contributed by atoms with Crippen LogP contribution in [-0.2, 0) is 12.1 Å². The number of rotatable bonds is 1. The van der Waals surface area contributed by atoms with E-state index in [1.165, 1.54) is 0 Å². The molecule has 0 aliphatic carbocycles. The summed E-state index contributed by atoms with van der Waals surface area (Å²) in [5, 5.41) is 0. The summed E-state index contributed by atoms with van der Waals surface area (Å²) in [6, 6.07) is 1.48. The number of hydrogen-bond donors (Lipinski definition) is 1. The van der Waals surface area contributed by atoms with E-state index in [-0.39, 0.29) is 5.69 Å². The summed E-state index contributed by atoms with van der Waals surface area (Å²) in [5.41, 5.74) is 3.13. The molecular formula is C8H6ClF4N. The smallest absolute Gasteiger partial charge is 0.399 e. The lowest BCUT2D eigenvalue weighted by molar-refractivity contribution is -0.138. The van der Waals surface area contributed by atoms with E-state index < -0.39 is 29.0 Å². The van der Waals surface area contributed by atoms with Crippen LogP contribution < -0.4 is 5.73 Å². The van der Waals surface area contributed by atoms with Gasteiger partial charge in [-0.25, -0.2) is 4.39 Å². The van der Waals surface area contributed by atoms with Crippen molar-refractivity contribution in [1.82, 2.24) is 0 Å². The van der Waals surface area contributed by atoms with E-state index in [4.69, 9.17) is 17.3 Å². The van der Waals surface area contributed by atoms with Crippen molar-refractivity contribution in [2.75, 3.05) is 5.73 Å². The average molecular weight is 228 g/mol. The second-order valence-electron chi connectivity index (χ2n) is 2.66. The molecule has 0 spiro atoms. The van der Waals surface area contributed by atoms with Crippen LogP contribution >= 0.6 is 11.6 Å². The van der Waals surface area contributed by atoms with Gasteiger partial charge in [0.05, 0.1) is 11.4 Å². The largest absolute Gasteiger partial charge is 0.416 e. The van der Waals surface area contributed by atoms with Gasteiger partial charge in [0.15, 0.2) is 0 Å². The zero-order valence-corrected chi connectivity index (χ0v) is 7.58. The normalized spacial score (nSPS) is 11.8. The molecule has 78 valence electrons. The second kappa shape index (κ2) is 3.65. The van der Waals surface area contributed by atoms with Crippen LogP contribution in [0.4, 0.5) is 23.2 Å². The molecule has 0 saturated carbocycles. The predicted molar refractivity (Wildman–Crippen MR) is 45.4 cm³/mol. The van der Waals surface area contributed by atoms with Crippen LogP contribution in [0, 0.1) is 5.82 Å². The summed E-state index contributed by atoms with van der Waals surface area (Å²) in [7, 11) is 0. The maximum absolute atomic E-state index is 13.0. The Labute approximate surface area is 82.5 Å². The first-order valence-electron chi connectivity index (χ1n) is 3.57. The van der Waals surface area contributed by atoms with Crippen molar-refractivity contribution < 1.29 is 17.6 Å². The van der Waals surface area contributed by atoms with E-state index in [0.717, 1.165) is 6.07 Å². The molecule has 0 amide bonds. The molecule has 1 aromatic rings. The van der Waals surface area contributed by atoms with Crippen molar-refractivity contribution in [2.24, 2.45) is 0 Å². The van der Waals surface area contributed by atoms with Crippen LogP contribution in [-0.4, -0.2) is 0 Å². The van der Waals surface area contributed by atoms with Gasteiger partial charge in [-0.3, -0.25) is 0 Å². The Balaban J connectivity index is 3.40. The fourth-order valence-electron chi connectivity index (χ4n) is 1.05. The summed E-state index contributed by atoms with van der Waals surface area (Å²) in [6.07, 6.45) is -4.64. The molecule has 1 aromatic carbocycles. The van der Waals surface area contributed by atoms with E-state index in [1.807, 2.05) is 0 Å². The molecule has 0 saturated heterocycles. The maximum Gasteiger partial charge on any atom is 0.416 e. The van der Waals surface area contributed by atoms with E-state index >= 15 is 0 Å². The molecule has 0 radical (unpaired) electrons. The molecule has 1 nitrogen and oxygen atoms in total. The molecule has 0 aromatic heterocycles. The van der Waals surface area contributed by atoms with E-state index in [0.29, 0.717) is 6.07 Å². The van der Waals surface area contributed by atoms with Crippen LogP contribution in [0.25, 0.3) is 0 Å². The van der Waals surface area contributed by atoms with Gasteiger partial charge in [0.1, 0.15) is 5.82 Å². The van der Waals surface area contributed by atoms with Gasteiger partial charge in [-0.1, -0.05) is 0 Å². The standard InChI is InChI=1S/C8H6ClF4N/c9-3-5-6(8(11,12)13)1-4(14)2-7(5)10/h1-2H,3,14H2. The lowest BCUT2D eigenvalue weighted by atomic mass is 10.1. The van der Waals surface area contributed by atoms with Crippen LogP contribution in [0.1, 0.15) is 11.1 Å². The molecule has 0 atom stereocenters. The Kier molecular flexibility index (Phi) is 2.89. The summed E-state index contributed by atoms with van der Waals surface area (Å²) in [5.74, 6) is -1.58. The second-order valence-corrected chi connectivity index (χ2v) is 2.93. The van der Waals surface area contributed by atoms with Crippen molar-refractivity contribution >= 4 is 17.3 Å². The highest BCUT2D eigenvalue weighted by molar-refractivity contribution is 6.17. The quantitative estimate of drug-likeness (QED) is 0.445. The summed E-state index contributed by atoms with van der Waals surface area (Å²) in [6.45, 7) is 0. The molecule has 6 heteroatoms. The molecular weight excluding hydrogens is 222 g/mol. The van der Waals surface area contributed by atoms with Gasteiger partial charge in [-0.15, -0.1) is 11.6 Å². The fraction of sp³-hybridized carbons (Fsp3) is 0.250. The fourth-order valence-corrected chi connectivity index (χ4v) is 1.32. The average Bonchev–Trinajstić information content (AvgIpc) is 2.01. The van der Waals surface area contributed by atoms with Gasteiger partial charge in [0, 0.05) is 11.3 Å². The molecule has 0 aliphatic heterocycles. The van der Waals surface area contributed by atoms with Gasteiger partial charge in [-0.05, 0) is 12.1 Å². The Bertz CT molecular complexity index is 348. The zero-order valence-electron chi connectivity index (χ0n) is 6.83. The molecule has 2 N–H and O–H groups in total. The molecule has 0 aliphatic rings. The highest BCUT2D eigenvalue weighted by Gasteiger charge is 2.34. The van der Waals surface area contributed by atoms with Crippen LogP contribution in [0.15, 0.2) is 12.1 Å². The molecule has 0 unspecified atom stereocenters. The van der Waals surface area contributed by atoms with Gasteiger partial charge < -0.3 is 5.73 Å². The number of nitrogen functional groups attached to an aromatic ring is 1. The summed E-state index contributed by atoms with van der Waals surface area (Å²) < 4.78 is 49.9. The van der Waals surface area contributed by atoms with Gasteiger partial charge >= 0.3 is 6.18 Å². The maximum atomic E-state index is 13.0. The highest BCUT2D eigenvalue weighted by Crippen LogP contribution is 2.35. The molecule has 0 fully saturated rings. The van der Waals surface area contributed by atoms with Crippen molar-refractivity contribution in [3.63, 3.8) is 0 Å². The van der Waals surface area contributed by atoms with Gasteiger partial charge in [-0.2, -0.15) is 13.2 Å². The number of halogens is 5. The number of nitrogens with two attached hydrogens (primary N) is 1. The lowest BCUT2D eigenvalue weighted by Crippen LogP contribution is -2.11. The first-order valence-corrected chi connectivity index (χ1v) is 4.10. The third-order valence-electron chi connectivity index (χ3n) is 1.66. The first kappa shape index (κ1) is 11.1. The number of benzene rings is 1. The zero-order chi connectivity index (χ0) is 10.9. The molecule has 0 heterocycles. The topological polar surface area (TPSA) is 26.0 Å². The third kappa shape index (κ3) is 2.09. The number of anilines is 1. The first-order chi connectivity index (χ1) is 6.36.